The number of thiazole rings is 1. The van der Waals surface area contributed by atoms with Crippen LogP contribution in [0.15, 0.2) is 30.3 Å². The van der Waals surface area contributed by atoms with Gasteiger partial charge in [-0.1, -0.05) is 12.1 Å². The van der Waals surface area contributed by atoms with Gasteiger partial charge in [-0.15, -0.1) is 11.3 Å². The van der Waals surface area contributed by atoms with Crippen LogP contribution in [0.3, 0.4) is 0 Å². The number of esters is 2. The highest BCUT2D eigenvalue weighted by atomic mass is 32.1. The molecule has 0 aliphatic heterocycles. The first kappa shape index (κ1) is 20.5. The van der Waals surface area contributed by atoms with E-state index in [1.54, 1.807) is 19.9 Å². The van der Waals surface area contributed by atoms with E-state index in [1.165, 1.54) is 31.4 Å². The number of H-pyrrole nitrogens is 1. The predicted molar refractivity (Wildman–Crippen MR) is 110 cm³/mol. The molecule has 7 nitrogen and oxygen atoms in total. The van der Waals surface area contributed by atoms with E-state index < -0.39 is 23.8 Å². The van der Waals surface area contributed by atoms with Crippen molar-refractivity contribution in [2.24, 2.45) is 0 Å². The maximum Gasteiger partial charge on any atom is 0.339 e. The summed E-state index contributed by atoms with van der Waals surface area (Å²) >= 11 is 1.45. The number of fused-ring (bicyclic) bond motifs is 1. The molecule has 1 N–H and O–H groups in total. The molecule has 0 bridgehead atoms. The van der Waals surface area contributed by atoms with Gasteiger partial charge in [-0.05, 0) is 44.5 Å². The number of nitrogens with one attached hydrogen (secondary N) is 1. The molecule has 2 aromatic heterocycles. The van der Waals surface area contributed by atoms with Crippen molar-refractivity contribution in [3.8, 4) is 0 Å². The van der Waals surface area contributed by atoms with E-state index in [1.807, 2.05) is 24.3 Å². The monoisotopic (exact) mass is 412 g/mol. The summed E-state index contributed by atoms with van der Waals surface area (Å²) in [6.07, 6.45) is 1.78. The Hall–Kier alpha value is -3.26. The number of aryl methyl sites for hydroxylation is 1. The average Bonchev–Trinajstić information content (AvgIpc) is 3.25. The zero-order chi connectivity index (χ0) is 21.1. The number of rotatable bonds is 6. The summed E-state index contributed by atoms with van der Waals surface area (Å²) < 4.78 is 11.0. The Labute approximate surface area is 171 Å². The molecule has 0 radical (unpaired) electrons. The van der Waals surface area contributed by atoms with Gasteiger partial charge in [-0.2, -0.15) is 0 Å². The normalized spacial score (nSPS) is 12.3. The van der Waals surface area contributed by atoms with Crippen molar-refractivity contribution in [2.75, 3.05) is 7.11 Å². The number of para-hydroxylation sites is 1. The molecule has 8 heteroatoms. The van der Waals surface area contributed by atoms with Crippen LogP contribution in [0.5, 0.6) is 0 Å². The lowest BCUT2D eigenvalue weighted by Crippen LogP contribution is -2.24. The molecule has 1 atom stereocenters. The van der Waals surface area contributed by atoms with Crippen molar-refractivity contribution in [1.82, 2.24) is 9.97 Å². The van der Waals surface area contributed by atoms with E-state index in [4.69, 9.17) is 9.47 Å². The minimum Gasteiger partial charge on any atom is -0.465 e. The number of benzene rings is 1. The summed E-state index contributed by atoms with van der Waals surface area (Å²) in [6.45, 7) is 4.80. The number of aromatic amines is 1. The number of hydrogen-bond donors (Lipinski definition) is 1. The van der Waals surface area contributed by atoms with Crippen LogP contribution in [0.2, 0.25) is 0 Å². The Morgan fingerprint density at radius 3 is 2.62 bits per heavy atom. The van der Waals surface area contributed by atoms with E-state index in [2.05, 4.69) is 9.97 Å². The molecular formula is C21H20N2O5S. The molecule has 0 saturated carbocycles. The Morgan fingerprint density at radius 2 is 1.93 bits per heavy atom. The van der Waals surface area contributed by atoms with E-state index in [0.29, 0.717) is 21.8 Å². The minimum absolute atomic E-state index is 0.221. The molecule has 0 amide bonds. The molecule has 3 aromatic rings. The summed E-state index contributed by atoms with van der Waals surface area (Å²) in [5, 5.41) is 0.667. The molecule has 1 aromatic carbocycles. The molecule has 0 fully saturated rings. The maximum absolute atomic E-state index is 12.7. The largest absolute Gasteiger partial charge is 0.465 e. The highest BCUT2D eigenvalue weighted by Crippen LogP contribution is 2.23. The second-order valence-electron chi connectivity index (χ2n) is 6.41. The third-order valence-electron chi connectivity index (χ3n) is 4.41. The highest BCUT2D eigenvalue weighted by molar-refractivity contribution is 7.19. The summed E-state index contributed by atoms with van der Waals surface area (Å²) in [5.41, 5.74) is 2.37. The Balaban J connectivity index is 1.69. The molecule has 0 spiro atoms. The van der Waals surface area contributed by atoms with Crippen LogP contribution in [0.1, 0.15) is 44.0 Å². The van der Waals surface area contributed by atoms with Crippen LogP contribution in [0.4, 0.5) is 0 Å². The number of methoxy groups -OCH3 is 1. The summed E-state index contributed by atoms with van der Waals surface area (Å²) in [6, 6.07) is 7.66. The van der Waals surface area contributed by atoms with Gasteiger partial charge in [0, 0.05) is 11.8 Å². The summed E-state index contributed by atoms with van der Waals surface area (Å²) in [5.74, 6) is -1.61. The fourth-order valence-electron chi connectivity index (χ4n) is 2.98. The van der Waals surface area contributed by atoms with Gasteiger partial charge in [0.25, 0.3) is 0 Å². The van der Waals surface area contributed by atoms with E-state index in [9.17, 15) is 14.4 Å². The van der Waals surface area contributed by atoms with E-state index in [-0.39, 0.29) is 5.69 Å². The molecule has 0 unspecified atom stereocenters. The molecule has 0 aliphatic rings. The number of nitrogens with zero attached hydrogens (tertiary/aromatic N) is 1. The topological polar surface area (TPSA) is 98.4 Å². The van der Waals surface area contributed by atoms with Gasteiger partial charge in [0.15, 0.2) is 6.10 Å². The number of ketones is 1. The zero-order valence-electron chi connectivity index (χ0n) is 16.4. The average molecular weight is 412 g/mol. The molecule has 2 heterocycles. The number of carbonyl (C=O) groups is 3. The number of ether oxygens (including phenoxy) is 2. The van der Waals surface area contributed by atoms with Crippen molar-refractivity contribution in [2.45, 2.75) is 26.9 Å². The Kier molecular flexibility index (Phi) is 5.93. The molecule has 29 heavy (non-hydrogen) atoms. The number of Topliss-reactive ketones (excluding diaryl/α,β-unsaturated/α-hetero) is 1. The predicted octanol–water partition coefficient (Wildman–Crippen LogP) is 3.86. The lowest BCUT2D eigenvalue weighted by molar-refractivity contribution is -0.140. The Bertz CT molecular complexity index is 1090. The van der Waals surface area contributed by atoms with Crippen LogP contribution >= 0.6 is 11.3 Å². The van der Waals surface area contributed by atoms with Gasteiger partial charge in [-0.3, -0.25) is 4.79 Å². The van der Waals surface area contributed by atoms with Crippen LogP contribution in [-0.4, -0.2) is 40.9 Å². The first-order valence-corrected chi connectivity index (χ1v) is 9.69. The summed E-state index contributed by atoms with van der Waals surface area (Å²) in [4.78, 5) is 44.0. The number of aromatic nitrogens is 2. The van der Waals surface area contributed by atoms with Crippen LogP contribution in [0.25, 0.3) is 16.3 Å². The van der Waals surface area contributed by atoms with Gasteiger partial charge in [-0.25, -0.2) is 14.6 Å². The van der Waals surface area contributed by atoms with Gasteiger partial charge in [0.05, 0.1) is 28.6 Å². The third kappa shape index (κ3) is 4.27. The highest BCUT2D eigenvalue weighted by Gasteiger charge is 2.27. The minimum atomic E-state index is -1.02. The molecule has 150 valence electrons. The van der Waals surface area contributed by atoms with Crippen LogP contribution in [0, 0.1) is 13.8 Å². The van der Waals surface area contributed by atoms with Crippen LogP contribution < -0.4 is 0 Å². The quantitative estimate of drug-likeness (QED) is 0.375. The first-order chi connectivity index (χ1) is 13.8. The second kappa shape index (κ2) is 8.40. The third-order valence-corrected chi connectivity index (χ3v) is 5.41. The molecule has 0 saturated heterocycles. The molecular weight excluding hydrogens is 392 g/mol. The fraction of sp³-hybridized carbons (Fsp3) is 0.238. The smallest absolute Gasteiger partial charge is 0.339 e. The van der Waals surface area contributed by atoms with Crippen molar-refractivity contribution >= 4 is 45.4 Å². The Morgan fingerprint density at radius 1 is 1.21 bits per heavy atom. The van der Waals surface area contributed by atoms with Crippen molar-refractivity contribution in [1.29, 1.82) is 0 Å². The van der Waals surface area contributed by atoms with Gasteiger partial charge in [0.1, 0.15) is 5.01 Å². The van der Waals surface area contributed by atoms with Crippen molar-refractivity contribution in [3.63, 3.8) is 0 Å². The molecule has 3 rings (SSSR count). The number of hydrogen-bond acceptors (Lipinski definition) is 7. The fourth-order valence-corrected chi connectivity index (χ4v) is 3.85. The first-order valence-electron chi connectivity index (χ1n) is 8.87. The SMILES string of the molecule is COC(=O)c1c(C)[nH]c(C(=O)[C@@H](C)OC(=O)/C=C/c2nc3ccccc3s2)c1C. The molecule has 0 aliphatic carbocycles. The second-order valence-corrected chi connectivity index (χ2v) is 7.48. The van der Waals surface area contributed by atoms with Gasteiger partial charge < -0.3 is 14.5 Å². The van der Waals surface area contributed by atoms with E-state index >= 15 is 0 Å². The van der Waals surface area contributed by atoms with Crippen LogP contribution in [-0.2, 0) is 14.3 Å². The van der Waals surface area contributed by atoms with Gasteiger partial charge >= 0.3 is 11.9 Å². The standard InChI is InChI=1S/C21H20N2O5S/c1-11-18(21(26)27-4)12(2)22-19(11)20(25)13(3)28-17(24)10-9-16-23-14-7-5-6-8-15(14)29-16/h5-10,13,22H,1-4H3/b10-9+/t13-/m1/s1. The zero-order valence-corrected chi connectivity index (χ0v) is 17.3. The lowest BCUT2D eigenvalue weighted by atomic mass is 10.1. The maximum atomic E-state index is 12.7. The number of carbonyl (C=O) groups excluding carboxylic acids is 3. The van der Waals surface area contributed by atoms with Gasteiger partial charge in [0.2, 0.25) is 5.78 Å². The summed E-state index contributed by atoms with van der Waals surface area (Å²) in [7, 11) is 1.28. The lowest BCUT2D eigenvalue weighted by Gasteiger charge is -2.10. The van der Waals surface area contributed by atoms with Crippen molar-refractivity contribution < 1.29 is 23.9 Å². The van der Waals surface area contributed by atoms with Crippen molar-refractivity contribution in [3.05, 3.63) is 57.9 Å². The van der Waals surface area contributed by atoms with E-state index in [0.717, 1.165) is 10.2 Å².